The lowest BCUT2D eigenvalue weighted by atomic mass is 10.2. The van der Waals surface area contributed by atoms with Crippen LogP contribution < -0.4 is 20.6 Å². The van der Waals surface area contributed by atoms with Crippen molar-refractivity contribution in [2.75, 3.05) is 18.3 Å². The summed E-state index contributed by atoms with van der Waals surface area (Å²) in [5.41, 5.74) is 8.44. The van der Waals surface area contributed by atoms with Crippen molar-refractivity contribution in [2.24, 2.45) is 5.10 Å². The van der Waals surface area contributed by atoms with Gasteiger partial charge in [0.2, 0.25) is 5.13 Å². The fourth-order valence-electron chi connectivity index (χ4n) is 1.48. The maximum Gasteiger partial charge on any atom is 0.573 e. The monoisotopic (exact) mass is 332 g/mol. The lowest BCUT2D eigenvalue weighted by Crippen LogP contribution is -2.17. The van der Waals surface area contributed by atoms with Crippen molar-refractivity contribution in [1.82, 2.24) is 4.98 Å². The number of benzene rings is 1. The second-order valence-electron chi connectivity index (χ2n) is 3.91. The molecule has 0 aliphatic heterocycles. The largest absolute Gasteiger partial charge is 0.573 e. The van der Waals surface area contributed by atoms with E-state index in [1.165, 1.54) is 36.8 Å². The van der Waals surface area contributed by atoms with Gasteiger partial charge in [-0.2, -0.15) is 5.10 Å². The lowest BCUT2D eigenvalue weighted by molar-refractivity contribution is -0.275. The highest BCUT2D eigenvalue weighted by atomic mass is 32.1. The van der Waals surface area contributed by atoms with E-state index in [9.17, 15) is 13.2 Å². The van der Waals surface area contributed by atoms with Crippen LogP contribution in [0.4, 0.5) is 24.1 Å². The number of aromatic nitrogens is 1. The number of hydrogen-bond donors (Lipinski definition) is 2. The second kappa shape index (κ2) is 6.52. The van der Waals surface area contributed by atoms with Gasteiger partial charge in [0.1, 0.15) is 5.82 Å². The first-order valence-electron chi connectivity index (χ1n) is 5.81. The van der Waals surface area contributed by atoms with E-state index in [0.717, 1.165) is 6.07 Å². The third kappa shape index (κ3) is 4.52. The Morgan fingerprint density at radius 1 is 1.36 bits per heavy atom. The predicted molar refractivity (Wildman–Crippen MR) is 77.4 cm³/mol. The summed E-state index contributed by atoms with van der Waals surface area (Å²) in [7, 11) is 1.25. The minimum atomic E-state index is -4.81. The van der Waals surface area contributed by atoms with Gasteiger partial charge in [-0.3, -0.25) is 5.43 Å². The van der Waals surface area contributed by atoms with Crippen LogP contribution in [0.2, 0.25) is 0 Å². The number of methoxy groups -OCH3 is 1. The highest BCUT2D eigenvalue weighted by molar-refractivity contribution is 7.14. The van der Waals surface area contributed by atoms with Crippen LogP contribution in [0.5, 0.6) is 11.5 Å². The Morgan fingerprint density at radius 2 is 2.14 bits per heavy atom. The number of ether oxygens (including phenoxy) is 2. The van der Waals surface area contributed by atoms with Gasteiger partial charge in [-0.15, -0.1) is 24.5 Å². The number of nitrogens with two attached hydrogens (primary N) is 1. The third-order valence-corrected chi connectivity index (χ3v) is 3.07. The highest BCUT2D eigenvalue weighted by Gasteiger charge is 2.32. The molecule has 0 aliphatic rings. The Hall–Kier alpha value is -2.49. The Labute approximate surface area is 127 Å². The van der Waals surface area contributed by atoms with Crippen molar-refractivity contribution in [3.63, 3.8) is 0 Å². The highest BCUT2D eigenvalue weighted by Crippen LogP contribution is 2.32. The van der Waals surface area contributed by atoms with Gasteiger partial charge >= 0.3 is 6.36 Å². The van der Waals surface area contributed by atoms with E-state index in [1.807, 2.05) is 0 Å². The summed E-state index contributed by atoms with van der Waals surface area (Å²) in [4.78, 5) is 3.91. The summed E-state index contributed by atoms with van der Waals surface area (Å²) in [6.45, 7) is 0. The van der Waals surface area contributed by atoms with Crippen molar-refractivity contribution in [2.45, 2.75) is 6.36 Å². The van der Waals surface area contributed by atoms with E-state index in [0.29, 0.717) is 16.5 Å². The quantitative estimate of drug-likeness (QED) is 0.649. The predicted octanol–water partition coefficient (Wildman–Crippen LogP) is 3.08. The van der Waals surface area contributed by atoms with Gasteiger partial charge in [-0.25, -0.2) is 4.98 Å². The molecule has 0 bridgehead atoms. The van der Waals surface area contributed by atoms with Crippen molar-refractivity contribution < 1.29 is 22.6 Å². The van der Waals surface area contributed by atoms with Gasteiger partial charge < -0.3 is 15.2 Å². The maximum atomic E-state index is 12.3. The van der Waals surface area contributed by atoms with Crippen molar-refractivity contribution in [3.05, 3.63) is 29.1 Å². The first-order valence-corrected chi connectivity index (χ1v) is 6.69. The first kappa shape index (κ1) is 15.9. The molecule has 0 unspecified atom stereocenters. The molecule has 2 aromatic rings. The van der Waals surface area contributed by atoms with Crippen molar-refractivity contribution in [1.29, 1.82) is 0 Å². The number of rotatable bonds is 5. The molecule has 0 fully saturated rings. The van der Waals surface area contributed by atoms with Gasteiger partial charge in [0.15, 0.2) is 11.5 Å². The molecule has 1 aromatic carbocycles. The van der Waals surface area contributed by atoms with Crippen LogP contribution in [0.3, 0.4) is 0 Å². The van der Waals surface area contributed by atoms with E-state index < -0.39 is 12.1 Å². The van der Waals surface area contributed by atoms with Gasteiger partial charge in [0.05, 0.1) is 13.3 Å². The molecule has 3 N–H and O–H groups in total. The fraction of sp³-hybridized carbons (Fsp3) is 0.167. The molecule has 10 heteroatoms. The number of anilines is 2. The summed E-state index contributed by atoms with van der Waals surface area (Å²) in [6, 6.07) is 4.04. The molecule has 1 aromatic heterocycles. The zero-order valence-corrected chi connectivity index (χ0v) is 12.0. The summed E-state index contributed by atoms with van der Waals surface area (Å²) in [5.74, 6) is -0.124. The summed E-state index contributed by atoms with van der Waals surface area (Å²) in [6.07, 6.45) is -3.49. The topological polar surface area (TPSA) is 81.8 Å². The second-order valence-corrected chi connectivity index (χ2v) is 4.76. The van der Waals surface area contributed by atoms with Gasteiger partial charge in [0, 0.05) is 5.38 Å². The number of thiazole rings is 1. The zero-order chi connectivity index (χ0) is 16.2. The molecule has 22 heavy (non-hydrogen) atoms. The van der Waals surface area contributed by atoms with Crippen LogP contribution in [0.15, 0.2) is 28.7 Å². The summed E-state index contributed by atoms with van der Waals surface area (Å²) in [5, 5.41) is 5.95. The van der Waals surface area contributed by atoms with Crippen LogP contribution in [0.1, 0.15) is 5.56 Å². The van der Waals surface area contributed by atoms with E-state index in [1.54, 1.807) is 5.38 Å². The Balaban J connectivity index is 2.12. The van der Waals surface area contributed by atoms with Crippen LogP contribution in [-0.4, -0.2) is 24.7 Å². The van der Waals surface area contributed by atoms with Crippen LogP contribution in [0.25, 0.3) is 0 Å². The van der Waals surface area contributed by atoms with E-state index in [4.69, 9.17) is 10.5 Å². The zero-order valence-electron chi connectivity index (χ0n) is 11.2. The molecule has 0 radical (unpaired) electrons. The van der Waals surface area contributed by atoms with Crippen molar-refractivity contribution in [3.8, 4) is 11.5 Å². The number of nitrogens with zero attached hydrogens (tertiary/aromatic N) is 2. The molecule has 0 saturated heterocycles. The molecule has 0 amide bonds. The molecule has 6 nitrogen and oxygen atoms in total. The number of nitrogens with one attached hydrogen (secondary N) is 1. The molecule has 0 spiro atoms. The minimum Gasteiger partial charge on any atom is -0.493 e. The number of nitrogen functional groups attached to an aromatic ring is 1. The molecule has 1 heterocycles. The maximum absolute atomic E-state index is 12.3. The molecule has 0 saturated carbocycles. The van der Waals surface area contributed by atoms with E-state index >= 15 is 0 Å². The standard InChI is InChI=1S/C12H11F3N4O2S/c1-20-8-3-2-7(4-9(8)21-12(13,14)15)5-17-19-11-18-10(16)6-22-11/h2-6H,16H2,1H3,(H,18,19). The average molecular weight is 332 g/mol. The molecule has 0 atom stereocenters. The van der Waals surface area contributed by atoms with Gasteiger partial charge in [-0.1, -0.05) is 0 Å². The van der Waals surface area contributed by atoms with Gasteiger partial charge in [0.25, 0.3) is 0 Å². The Morgan fingerprint density at radius 3 is 2.73 bits per heavy atom. The summed E-state index contributed by atoms with van der Waals surface area (Å²) >= 11 is 1.25. The summed E-state index contributed by atoms with van der Waals surface area (Å²) < 4.78 is 45.7. The Kier molecular flexibility index (Phi) is 4.71. The SMILES string of the molecule is COc1ccc(C=NNc2nc(N)cs2)cc1OC(F)(F)F. The van der Waals surface area contributed by atoms with Crippen LogP contribution in [-0.2, 0) is 0 Å². The minimum absolute atomic E-state index is 0.0323. The normalized spacial score (nSPS) is 11.6. The molecular formula is C12H11F3N4O2S. The Bertz CT molecular complexity index is 673. The first-order chi connectivity index (χ1) is 10.4. The third-order valence-electron chi connectivity index (χ3n) is 2.31. The molecule has 0 aliphatic carbocycles. The van der Waals surface area contributed by atoms with E-state index in [-0.39, 0.29) is 5.75 Å². The van der Waals surface area contributed by atoms with Crippen LogP contribution >= 0.6 is 11.3 Å². The lowest BCUT2D eigenvalue weighted by Gasteiger charge is -2.12. The van der Waals surface area contributed by atoms with Gasteiger partial charge in [-0.05, 0) is 23.8 Å². The molecule has 2 rings (SSSR count). The number of alkyl halides is 3. The van der Waals surface area contributed by atoms with Crippen LogP contribution in [0, 0.1) is 0 Å². The fourth-order valence-corrected chi connectivity index (χ4v) is 2.03. The molecular weight excluding hydrogens is 321 g/mol. The number of hydrogen-bond acceptors (Lipinski definition) is 7. The average Bonchev–Trinajstić information content (AvgIpc) is 2.83. The smallest absolute Gasteiger partial charge is 0.493 e. The number of hydrazone groups is 1. The number of halogens is 3. The van der Waals surface area contributed by atoms with Crippen molar-refractivity contribution >= 4 is 28.5 Å². The van der Waals surface area contributed by atoms with E-state index in [2.05, 4.69) is 20.2 Å². The molecule has 118 valence electrons.